The number of thiophene rings is 1. The summed E-state index contributed by atoms with van der Waals surface area (Å²) in [5, 5.41) is 3.60. The van der Waals surface area contributed by atoms with Gasteiger partial charge in [-0.2, -0.15) is 0 Å². The molecule has 6 heteroatoms. The number of aromatic nitrogens is 1. The lowest BCUT2D eigenvalue weighted by Gasteiger charge is -2.02. The smallest absolute Gasteiger partial charge is 0.263 e. The monoisotopic (exact) mass is 264 g/mol. The Morgan fingerprint density at radius 3 is 2.89 bits per heavy atom. The number of amides is 1. The number of rotatable bonds is 3. The fourth-order valence-electron chi connectivity index (χ4n) is 1.90. The molecule has 0 aromatic carbocycles. The van der Waals surface area contributed by atoms with E-state index in [0.717, 1.165) is 21.5 Å². The number of carbonyl (C=O) groups excluding carboxylic acids is 1. The fraction of sp³-hybridized carbons (Fsp3) is 0.333. The first-order chi connectivity index (χ1) is 8.54. The summed E-state index contributed by atoms with van der Waals surface area (Å²) < 4.78 is 0. The molecule has 0 spiro atoms. The predicted octanol–water partition coefficient (Wildman–Crippen LogP) is 1.18. The van der Waals surface area contributed by atoms with E-state index in [4.69, 9.17) is 11.5 Å². The zero-order chi connectivity index (χ0) is 13.3. The van der Waals surface area contributed by atoms with Crippen LogP contribution >= 0.6 is 11.3 Å². The van der Waals surface area contributed by atoms with Gasteiger partial charge in [-0.05, 0) is 25.5 Å². The topological polar surface area (TPSA) is 94.0 Å². The van der Waals surface area contributed by atoms with Crippen molar-refractivity contribution in [2.45, 2.75) is 13.8 Å². The number of aryl methyl sites for hydroxylation is 2. The summed E-state index contributed by atoms with van der Waals surface area (Å²) in [5.41, 5.74) is 13.9. The molecule has 2 aromatic heterocycles. The van der Waals surface area contributed by atoms with E-state index >= 15 is 0 Å². The minimum atomic E-state index is -0.182. The maximum Gasteiger partial charge on any atom is 0.263 e. The van der Waals surface area contributed by atoms with E-state index in [1.54, 1.807) is 0 Å². The first kappa shape index (κ1) is 12.8. The Morgan fingerprint density at radius 1 is 1.50 bits per heavy atom. The van der Waals surface area contributed by atoms with Crippen LogP contribution in [-0.4, -0.2) is 24.0 Å². The molecule has 18 heavy (non-hydrogen) atoms. The Morgan fingerprint density at radius 2 is 2.22 bits per heavy atom. The lowest BCUT2D eigenvalue weighted by atomic mass is 10.1. The number of pyridine rings is 1. The highest BCUT2D eigenvalue weighted by atomic mass is 32.1. The van der Waals surface area contributed by atoms with Gasteiger partial charge < -0.3 is 16.8 Å². The summed E-state index contributed by atoms with van der Waals surface area (Å²) in [5.74, 6) is -0.182. The Hall–Kier alpha value is -1.66. The van der Waals surface area contributed by atoms with Crippen LogP contribution in [0.5, 0.6) is 0 Å². The van der Waals surface area contributed by atoms with Gasteiger partial charge in [-0.1, -0.05) is 0 Å². The minimum absolute atomic E-state index is 0.182. The molecule has 96 valence electrons. The molecule has 0 saturated heterocycles. The molecule has 5 nitrogen and oxygen atoms in total. The van der Waals surface area contributed by atoms with Crippen molar-refractivity contribution in [3.8, 4) is 0 Å². The highest BCUT2D eigenvalue weighted by molar-refractivity contribution is 7.21. The molecule has 0 radical (unpaired) electrons. The number of nitrogens with zero attached hydrogens (tertiary/aromatic N) is 1. The summed E-state index contributed by atoms with van der Waals surface area (Å²) >= 11 is 1.32. The molecule has 0 aliphatic carbocycles. The van der Waals surface area contributed by atoms with Crippen LogP contribution in [0.4, 0.5) is 5.69 Å². The van der Waals surface area contributed by atoms with E-state index in [9.17, 15) is 4.79 Å². The van der Waals surface area contributed by atoms with Gasteiger partial charge in [-0.3, -0.25) is 4.79 Å². The summed E-state index contributed by atoms with van der Waals surface area (Å²) in [6, 6.07) is 1.97. The zero-order valence-electron chi connectivity index (χ0n) is 10.4. The molecule has 0 aliphatic rings. The standard InChI is InChI=1S/C12H16N4OS/c1-6-5-7(2)16-12-8(6)9(14)10(18-12)11(17)15-4-3-13/h5H,3-4,13-14H2,1-2H3,(H,15,17). The molecule has 2 aromatic rings. The van der Waals surface area contributed by atoms with Crippen LogP contribution in [0.1, 0.15) is 20.9 Å². The van der Waals surface area contributed by atoms with Crippen molar-refractivity contribution in [3.05, 3.63) is 22.2 Å². The first-order valence-electron chi connectivity index (χ1n) is 5.69. The van der Waals surface area contributed by atoms with E-state index in [-0.39, 0.29) is 5.91 Å². The number of nitrogens with two attached hydrogens (primary N) is 2. The van der Waals surface area contributed by atoms with Crippen molar-refractivity contribution in [1.29, 1.82) is 0 Å². The van der Waals surface area contributed by atoms with Crippen LogP contribution in [0, 0.1) is 13.8 Å². The summed E-state index contributed by atoms with van der Waals surface area (Å²) in [4.78, 5) is 17.7. The Bertz CT molecular complexity index is 606. The van der Waals surface area contributed by atoms with Gasteiger partial charge in [0.2, 0.25) is 0 Å². The van der Waals surface area contributed by atoms with Crippen LogP contribution in [-0.2, 0) is 0 Å². The summed E-state index contributed by atoms with van der Waals surface area (Å²) in [6.45, 7) is 4.75. The average molecular weight is 264 g/mol. The lowest BCUT2D eigenvalue weighted by Crippen LogP contribution is -2.28. The van der Waals surface area contributed by atoms with Crippen molar-refractivity contribution < 1.29 is 4.79 Å². The molecule has 2 rings (SSSR count). The zero-order valence-corrected chi connectivity index (χ0v) is 11.2. The van der Waals surface area contributed by atoms with E-state index in [1.807, 2.05) is 19.9 Å². The van der Waals surface area contributed by atoms with Crippen molar-refractivity contribution in [2.24, 2.45) is 5.73 Å². The highest BCUT2D eigenvalue weighted by Gasteiger charge is 2.18. The second-order valence-electron chi connectivity index (χ2n) is 4.15. The largest absolute Gasteiger partial charge is 0.397 e. The molecule has 0 fully saturated rings. The summed E-state index contributed by atoms with van der Waals surface area (Å²) in [6.07, 6.45) is 0. The molecular weight excluding hydrogens is 248 g/mol. The number of fused-ring (bicyclic) bond motifs is 1. The number of nitrogen functional groups attached to an aromatic ring is 1. The molecule has 5 N–H and O–H groups in total. The number of nitrogens with one attached hydrogen (secondary N) is 1. The molecule has 0 bridgehead atoms. The number of hydrogen-bond donors (Lipinski definition) is 3. The highest BCUT2D eigenvalue weighted by Crippen LogP contribution is 2.34. The molecule has 0 unspecified atom stereocenters. The van der Waals surface area contributed by atoms with E-state index < -0.39 is 0 Å². The normalized spacial score (nSPS) is 10.8. The number of anilines is 1. The van der Waals surface area contributed by atoms with Crippen molar-refractivity contribution in [1.82, 2.24) is 10.3 Å². The van der Waals surface area contributed by atoms with Crippen molar-refractivity contribution >= 4 is 33.1 Å². The molecule has 2 heterocycles. The molecule has 0 saturated carbocycles. The Balaban J connectivity index is 2.50. The van der Waals surface area contributed by atoms with Gasteiger partial charge in [0.15, 0.2) is 0 Å². The van der Waals surface area contributed by atoms with Crippen LogP contribution in [0.25, 0.3) is 10.2 Å². The van der Waals surface area contributed by atoms with E-state index in [0.29, 0.717) is 23.7 Å². The second kappa shape index (κ2) is 4.91. The predicted molar refractivity (Wildman–Crippen MR) is 74.9 cm³/mol. The Labute approximate surface area is 109 Å². The van der Waals surface area contributed by atoms with Crippen LogP contribution in [0.15, 0.2) is 6.07 Å². The quantitative estimate of drug-likeness (QED) is 0.776. The minimum Gasteiger partial charge on any atom is -0.397 e. The lowest BCUT2D eigenvalue weighted by molar-refractivity contribution is 0.0959. The third kappa shape index (κ3) is 2.16. The van der Waals surface area contributed by atoms with Gasteiger partial charge in [0, 0.05) is 24.2 Å². The van der Waals surface area contributed by atoms with Crippen molar-refractivity contribution in [2.75, 3.05) is 18.8 Å². The van der Waals surface area contributed by atoms with Crippen LogP contribution < -0.4 is 16.8 Å². The first-order valence-corrected chi connectivity index (χ1v) is 6.50. The van der Waals surface area contributed by atoms with Crippen molar-refractivity contribution in [3.63, 3.8) is 0 Å². The van der Waals surface area contributed by atoms with Gasteiger partial charge in [0.25, 0.3) is 5.91 Å². The molecule has 0 aliphatic heterocycles. The SMILES string of the molecule is Cc1cc(C)c2c(N)c(C(=O)NCCN)sc2n1. The molecular formula is C12H16N4OS. The van der Waals surface area contributed by atoms with E-state index in [1.165, 1.54) is 11.3 Å². The average Bonchev–Trinajstić information content (AvgIpc) is 2.63. The van der Waals surface area contributed by atoms with Gasteiger partial charge in [-0.25, -0.2) is 4.98 Å². The van der Waals surface area contributed by atoms with Gasteiger partial charge in [-0.15, -0.1) is 11.3 Å². The third-order valence-electron chi connectivity index (χ3n) is 2.66. The van der Waals surface area contributed by atoms with Gasteiger partial charge in [0.05, 0.1) is 5.69 Å². The number of hydrogen-bond acceptors (Lipinski definition) is 5. The third-order valence-corrected chi connectivity index (χ3v) is 3.76. The van der Waals surface area contributed by atoms with Crippen LogP contribution in [0.3, 0.4) is 0 Å². The summed E-state index contributed by atoms with van der Waals surface area (Å²) in [7, 11) is 0. The van der Waals surface area contributed by atoms with Gasteiger partial charge >= 0.3 is 0 Å². The second-order valence-corrected chi connectivity index (χ2v) is 5.15. The van der Waals surface area contributed by atoms with Gasteiger partial charge in [0.1, 0.15) is 9.71 Å². The fourth-order valence-corrected chi connectivity index (χ4v) is 3.04. The number of carbonyl (C=O) groups is 1. The Kier molecular flexibility index (Phi) is 3.49. The van der Waals surface area contributed by atoms with E-state index in [2.05, 4.69) is 10.3 Å². The molecule has 1 amide bonds. The van der Waals surface area contributed by atoms with Crippen LogP contribution in [0.2, 0.25) is 0 Å². The maximum absolute atomic E-state index is 11.9. The maximum atomic E-state index is 11.9. The molecule has 0 atom stereocenters.